The fourth-order valence-corrected chi connectivity index (χ4v) is 3.72. The highest BCUT2D eigenvalue weighted by atomic mass is 32.1. The third-order valence-corrected chi connectivity index (χ3v) is 4.85. The molecule has 1 N–H and O–H groups in total. The van der Waals surface area contributed by atoms with Crippen molar-refractivity contribution in [2.45, 2.75) is 26.4 Å². The summed E-state index contributed by atoms with van der Waals surface area (Å²) in [5, 5.41) is 4.65. The Hall–Kier alpha value is -1.30. The molecule has 1 fully saturated rings. The van der Waals surface area contributed by atoms with Crippen molar-refractivity contribution in [3.63, 3.8) is 0 Å². The Labute approximate surface area is 123 Å². The Bertz CT molecular complexity index is 567. The molecule has 1 atom stereocenters. The van der Waals surface area contributed by atoms with E-state index in [2.05, 4.69) is 46.2 Å². The highest BCUT2D eigenvalue weighted by Gasteiger charge is 2.24. The van der Waals surface area contributed by atoms with Crippen LogP contribution in [0.1, 0.15) is 27.2 Å². The zero-order chi connectivity index (χ0) is 13.9. The van der Waals surface area contributed by atoms with Gasteiger partial charge in [0, 0.05) is 49.5 Å². The van der Waals surface area contributed by atoms with Gasteiger partial charge in [0.05, 0.1) is 10.7 Å². The molecule has 0 amide bonds. The lowest BCUT2D eigenvalue weighted by Gasteiger charge is -2.36. The third-order valence-electron chi connectivity index (χ3n) is 3.79. The molecule has 3 heterocycles. The van der Waals surface area contributed by atoms with Crippen molar-refractivity contribution in [1.29, 1.82) is 0 Å². The van der Waals surface area contributed by atoms with Crippen molar-refractivity contribution >= 4 is 11.3 Å². The summed E-state index contributed by atoms with van der Waals surface area (Å²) >= 11 is 1.82. The van der Waals surface area contributed by atoms with E-state index in [1.54, 1.807) is 0 Å². The molecule has 0 saturated carbocycles. The SMILES string of the molecule is Cc1nc(C)c(CN2CCNCC2c2ccncc2)s1. The van der Waals surface area contributed by atoms with Gasteiger partial charge >= 0.3 is 0 Å². The maximum Gasteiger partial charge on any atom is 0.0900 e. The zero-order valence-electron chi connectivity index (χ0n) is 12.0. The first-order chi connectivity index (χ1) is 9.74. The summed E-state index contributed by atoms with van der Waals surface area (Å²) in [6, 6.07) is 4.67. The fourth-order valence-electron chi connectivity index (χ4n) is 2.75. The highest BCUT2D eigenvalue weighted by molar-refractivity contribution is 7.11. The number of thiazole rings is 1. The van der Waals surface area contributed by atoms with Gasteiger partial charge in [0.25, 0.3) is 0 Å². The van der Waals surface area contributed by atoms with Crippen LogP contribution in [-0.2, 0) is 6.54 Å². The molecule has 4 nitrogen and oxygen atoms in total. The van der Waals surface area contributed by atoms with Crippen LogP contribution in [0.15, 0.2) is 24.5 Å². The van der Waals surface area contributed by atoms with Gasteiger partial charge < -0.3 is 5.32 Å². The Morgan fingerprint density at radius 1 is 1.35 bits per heavy atom. The highest BCUT2D eigenvalue weighted by Crippen LogP contribution is 2.26. The first-order valence-electron chi connectivity index (χ1n) is 7.01. The zero-order valence-corrected chi connectivity index (χ0v) is 12.8. The minimum absolute atomic E-state index is 0.425. The summed E-state index contributed by atoms with van der Waals surface area (Å²) in [6.45, 7) is 8.32. The van der Waals surface area contributed by atoms with Crippen LogP contribution in [0.3, 0.4) is 0 Å². The number of piperazine rings is 1. The van der Waals surface area contributed by atoms with E-state index >= 15 is 0 Å². The number of pyridine rings is 1. The van der Waals surface area contributed by atoms with Gasteiger partial charge in [-0.2, -0.15) is 0 Å². The minimum atomic E-state index is 0.425. The molecule has 1 unspecified atom stereocenters. The van der Waals surface area contributed by atoms with Crippen molar-refractivity contribution in [3.05, 3.63) is 45.7 Å². The smallest absolute Gasteiger partial charge is 0.0900 e. The maximum absolute atomic E-state index is 4.54. The molecule has 1 saturated heterocycles. The molecular weight excluding hydrogens is 268 g/mol. The first kappa shape index (κ1) is 13.7. The third kappa shape index (κ3) is 2.90. The number of nitrogens with one attached hydrogen (secondary N) is 1. The fraction of sp³-hybridized carbons (Fsp3) is 0.467. The van der Waals surface area contributed by atoms with Crippen molar-refractivity contribution in [2.75, 3.05) is 19.6 Å². The van der Waals surface area contributed by atoms with Crippen LogP contribution in [-0.4, -0.2) is 34.5 Å². The Morgan fingerprint density at radius 2 is 2.15 bits per heavy atom. The van der Waals surface area contributed by atoms with Gasteiger partial charge in [0.2, 0.25) is 0 Å². The predicted molar refractivity (Wildman–Crippen MR) is 81.8 cm³/mol. The summed E-state index contributed by atoms with van der Waals surface area (Å²) < 4.78 is 0. The van der Waals surface area contributed by atoms with Gasteiger partial charge in [-0.3, -0.25) is 9.88 Å². The number of aryl methyl sites for hydroxylation is 2. The summed E-state index contributed by atoms with van der Waals surface area (Å²) in [6.07, 6.45) is 3.76. The van der Waals surface area contributed by atoms with Gasteiger partial charge in [-0.05, 0) is 31.5 Å². The average Bonchev–Trinajstić information content (AvgIpc) is 2.78. The Kier molecular flexibility index (Phi) is 4.10. The second-order valence-corrected chi connectivity index (χ2v) is 6.50. The lowest BCUT2D eigenvalue weighted by molar-refractivity contribution is 0.155. The second kappa shape index (κ2) is 5.99. The van der Waals surface area contributed by atoms with E-state index in [0.717, 1.165) is 31.2 Å². The van der Waals surface area contributed by atoms with Crippen LogP contribution >= 0.6 is 11.3 Å². The number of aromatic nitrogens is 2. The molecule has 1 aliphatic heterocycles. The van der Waals surface area contributed by atoms with E-state index in [0.29, 0.717) is 6.04 Å². The van der Waals surface area contributed by atoms with Crippen molar-refractivity contribution < 1.29 is 0 Å². The minimum Gasteiger partial charge on any atom is -0.314 e. The number of nitrogens with zero attached hydrogens (tertiary/aromatic N) is 3. The van der Waals surface area contributed by atoms with E-state index in [4.69, 9.17) is 0 Å². The number of hydrogen-bond donors (Lipinski definition) is 1. The molecule has 0 aromatic carbocycles. The van der Waals surface area contributed by atoms with Crippen molar-refractivity contribution in [2.24, 2.45) is 0 Å². The van der Waals surface area contributed by atoms with Gasteiger partial charge in [-0.25, -0.2) is 4.98 Å². The van der Waals surface area contributed by atoms with Crippen molar-refractivity contribution in [1.82, 2.24) is 20.2 Å². The summed E-state index contributed by atoms with van der Waals surface area (Å²) in [5.74, 6) is 0. The second-order valence-electron chi connectivity index (χ2n) is 5.21. The molecule has 0 radical (unpaired) electrons. The van der Waals surface area contributed by atoms with Gasteiger partial charge in [0.1, 0.15) is 0 Å². The molecule has 106 valence electrons. The maximum atomic E-state index is 4.54. The van der Waals surface area contributed by atoms with E-state index in [1.807, 2.05) is 23.7 Å². The lowest BCUT2D eigenvalue weighted by Crippen LogP contribution is -2.45. The van der Waals surface area contributed by atoms with Crippen LogP contribution in [0.2, 0.25) is 0 Å². The molecule has 5 heteroatoms. The van der Waals surface area contributed by atoms with E-state index < -0.39 is 0 Å². The molecular formula is C15H20N4S. The van der Waals surface area contributed by atoms with Crippen LogP contribution < -0.4 is 5.32 Å². The summed E-state index contributed by atoms with van der Waals surface area (Å²) in [4.78, 5) is 12.6. The standard InChI is InChI=1S/C15H20N4S/c1-11-15(20-12(2)18-11)10-19-8-7-17-9-14(19)13-3-5-16-6-4-13/h3-6,14,17H,7-10H2,1-2H3. The summed E-state index contributed by atoms with van der Waals surface area (Å²) in [7, 11) is 0. The van der Waals surface area contributed by atoms with E-state index in [9.17, 15) is 0 Å². The molecule has 2 aromatic heterocycles. The Morgan fingerprint density at radius 3 is 2.85 bits per heavy atom. The number of hydrogen-bond acceptors (Lipinski definition) is 5. The van der Waals surface area contributed by atoms with Crippen LogP contribution in [0.25, 0.3) is 0 Å². The molecule has 3 rings (SSSR count). The molecule has 0 bridgehead atoms. The van der Waals surface area contributed by atoms with Gasteiger partial charge in [0.15, 0.2) is 0 Å². The molecule has 0 spiro atoms. The predicted octanol–water partition coefficient (Wildman–Crippen LogP) is 2.30. The van der Waals surface area contributed by atoms with Crippen LogP contribution in [0.5, 0.6) is 0 Å². The van der Waals surface area contributed by atoms with Crippen LogP contribution in [0.4, 0.5) is 0 Å². The normalized spacial score (nSPS) is 20.2. The topological polar surface area (TPSA) is 41.1 Å². The largest absolute Gasteiger partial charge is 0.314 e. The number of rotatable bonds is 3. The van der Waals surface area contributed by atoms with Gasteiger partial charge in [-0.1, -0.05) is 0 Å². The van der Waals surface area contributed by atoms with Crippen LogP contribution in [0, 0.1) is 13.8 Å². The lowest BCUT2D eigenvalue weighted by atomic mass is 10.0. The first-order valence-corrected chi connectivity index (χ1v) is 7.83. The Balaban J connectivity index is 1.81. The van der Waals surface area contributed by atoms with Crippen molar-refractivity contribution in [3.8, 4) is 0 Å². The van der Waals surface area contributed by atoms with Gasteiger partial charge in [-0.15, -0.1) is 11.3 Å². The monoisotopic (exact) mass is 288 g/mol. The quantitative estimate of drug-likeness (QED) is 0.941. The molecule has 1 aliphatic rings. The van der Waals surface area contributed by atoms with E-state index in [1.165, 1.54) is 16.1 Å². The average molecular weight is 288 g/mol. The molecule has 20 heavy (non-hydrogen) atoms. The molecule has 2 aromatic rings. The summed E-state index contributed by atoms with van der Waals surface area (Å²) in [5.41, 5.74) is 2.52. The van der Waals surface area contributed by atoms with E-state index in [-0.39, 0.29) is 0 Å². The molecule has 0 aliphatic carbocycles.